The van der Waals surface area contributed by atoms with E-state index in [4.69, 9.17) is 0 Å². The van der Waals surface area contributed by atoms with Gasteiger partial charge in [-0.05, 0) is 48.9 Å². The minimum absolute atomic E-state index is 0.160. The molecule has 0 aliphatic carbocycles. The molecule has 3 aromatic rings. The molecule has 0 aromatic heterocycles. The Morgan fingerprint density at radius 3 is 1.84 bits per heavy atom. The van der Waals surface area contributed by atoms with Crippen LogP contribution in [0.3, 0.4) is 0 Å². The summed E-state index contributed by atoms with van der Waals surface area (Å²) >= 11 is 0. The smallest absolute Gasteiger partial charge is 0.261 e. The molecule has 5 heteroatoms. The first kappa shape index (κ1) is 17.0. The Morgan fingerprint density at radius 1 is 0.720 bits per heavy atom. The Hall–Kier alpha value is -2.79. The van der Waals surface area contributed by atoms with E-state index in [1.807, 2.05) is 30.3 Å². The number of rotatable bonds is 6. The second kappa shape index (κ2) is 7.40. The molecule has 128 valence electrons. The van der Waals surface area contributed by atoms with E-state index in [0.29, 0.717) is 5.69 Å². The molecule has 0 aliphatic heterocycles. The highest BCUT2D eigenvalue weighted by molar-refractivity contribution is 7.92. The van der Waals surface area contributed by atoms with Crippen LogP contribution >= 0.6 is 0 Å². The molecule has 3 rings (SSSR count). The maximum absolute atomic E-state index is 12.3. The lowest BCUT2D eigenvalue weighted by Gasteiger charge is -2.16. The molecule has 0 saturated heterocycles. The molecule has 0 fully saturated rings. The Morgan fingerprint density at radius 2 is 1.24 bits per heavy atom. The van der Waals surface area contributed by atoms with Crippen LogP contribution in [-0.4, -0.2) is 8.42 Å². The van der Waals surface area contributed by atoms with E-state index in [9.17, 15) is 8.42 Å². The Kier molecular flexibility index (Phi) is 5.05. The van der Waals surface area contributed by atoms with Gasteiger partial charge in [-0.1, -0.05) is 48.5 Å². The lowest BCUT2D eigenvalue weighted by Crippen LogP contribution is -2.12. The standard InChI is InChI=1S/C20H20N2O2S/c1-16(17-8-4-2-5-9-17)21-18-12-14-19(15-13-18)22-25(23,24)20-10-6-3-7-11-20/h2-16,21-22H,1H3. The van der Waals surface area contributed by atoms with Crippen molar-refractivity contribution in [1.82, 2.24) is 0 Å². The fourth-order valence-electron chi connectivity index (χ4n) is 2.52. The van der Waals surface area contributed by atoms with Crippen molar-refractivity contribution < 1.29 is 8.42 Å². The van der Waals surface area contributed by atoms with Gasteiger partial charge in [-0.3, -0.25) is 4.72 Å². The summed E-state index contributed by atoms with van der Waals surface area (Å²) in [6.45, 7) is 2.08. The molecule has 4 nitrogen and oxygen atoms in total. The molecule has 25 heavy (non-hydrogen) atoms. The first-order valence-electron chi connectivity index (χ1n) is 8.04. The highest BCUT2D eigenvalue weighted by Gasteiger charge is 2.13. The van der Waals surface area contributed by atoms with Crippen LogP contribution < -0.4 is 10.0 Å². The van der Waals surface area contributed by atoms with Crippen molar-refractivity contribution >= 4 is 21.4 Å². The SMILES string of the molecule is CC(Nc1ccc(NS(=O)(=O)c2ccccc2)cc1)c1ccccc1. The number of anilines is 2. The normalized spacial score (nSPS) is 12.4. The van der Waals surface area contributed by atoms with Gasteiger partial charge in [0.15, 0.2) is 0 Å². The van der Waals surface area contributed by atoms with Crippen LogP contribution in [0.4, 0.5) is 11.4 Å². The van der Waals surface area contributed by atoms with Crippen molar-refractivity contribution in [2.24, 2.45) is 0 Å². The van der Waals surface area contributed by atoms with Crippen LogP contribution in [0.15, 0.2) is 89.8 Å². The first-order valence-corrected chi connectivity index (χ1v) is 9.52. The monoisotopic (exact) mass is 352 g/mol. The molecule has 3 aromatic carbocycles. The van der Waals surface area contributed by atoms with Crippen molar-refractivity contribution in [3.63, 3.8) is 0 Å². The molecule has 1 atom stereocenters. The number of nitrogens with one attached hydrogen (secondary N) is 2. The molecule has 0 amide bonds. The summed E-state index contributed by atoms with van der Waals surface area (Å²) in [4.78, 5) is 0.245. The van der Waals surface area contributed by atoms with Gasteiger partial charge in [0.2, 0.25) is 0 Å². The van der Waals surface area contributed by atoms with Crippen molar-refractivity contribution in [3.8, 4) is 0 Å². The summed E-state index contributed by atoms with van der Waals surface area (Å²) in [5.74, 6) is 0. The van der Waals surface area contributed by atoms with Gasteiger partial charge in [-0.25, -0.2) is 8.42 Å². The summed E-state index contributed by atoms with van der Waals surface area (Å²) in [6.07, 6.45) is 0. The number of sulfonamides is 1. The van der Waals surface area contributed by atoms with E-state index in [0.717, 1.165) is 5.69 Å². The second-order valence-electron chi connectivity index (χ2n) is 5.77. The van der Waals surface area contributed by atoms with E-state index in [1.165, 1.54) is 5.56 Å². The third-order valence-corrected chi connectivity index (χ3v) is 5.27. The Labute approximate surface area is 148 Å². The quantitative estimate of drug-likeness (QED) is 0.678. The van der Waals surface area contributed by atoms with E-state index >= 15 is 0 Å². The Balaban J connectivity index is 1.68. The molecule has 2 N–H and O–H groups in total. The molecule has 0 saturated carbocycles. The number of hydrogen-bond acceptors (Lipinski definition) is 3. The van der Waals surface area contributed by atoms with Crippen molar-refractivity contribution in [1.29, 1.82) is 0 Å². The lowest BCUT2D eigenvalue weighted by atomic mass is 10.1. The molecular formula is C20H20N2O2S. The van der Waals surface area contributed by atoms with Crippen molar-refractivity contribution in [3.05, 3.63) is 90.5 Å². The highest BCUT2D eigenvalue weighted by Crippen LogP contribution is 2.22. The fourth-order valence-corrected chi connectivity index (χ4v) is 3.60. The zero-order chi connectivity index (χ0) is 17.7. The maximum Gasteiger partial charge on any atom is 0.261 e. The number of hydrogen-bond donors (Lipinski definition) is 2. The predicted octanol–water partition coefficient (Wildman–Crippen LogP) is 4.66. The van der Waals surface area contributed by atoms with Crippen LogP contribution in [0.5, 0.6) is 0 Å². The first-order chi connectivity index (χ1) is 12.0. The Bertz CT molecular complexity index is 909. The fraction of sp³-hybridized carbons (Fsp3) is 0.100. The molecule has 1 unspecified atom stereocenters. The van der Waals surface area contributed by atoms with Gasteiger partial charge >= 0.3 is 0 Å². The maximum atomic E-state index is 12.3. The second-order valence-corrected chi connectivity index (χ2v) is 7.46. The van der Waals surface area contributed by atoms with Crippen LogP contribution in [-0.2, 0) is 10.0 Å². The van der Waals surface area contributed by atoms with Crippen molar-refractivity contribution in [2.75, 3.05) is 10.0 Å². The summed E-state index contributed by atoms with van der Waals surface area (Å²) in [5.41, 5.74) is 2.65. The average molecular weight is 352 g/mol. The molecule has 0 heterocycles. The molecule has 0 bridgehead atoms. The summed E-state index contributed by atoms with van der Waals surface area (Å²) in [5, 5.41) is 3.40. The molecule has 0 radical (unpaired) electrons. The van der Waals surface area contributed by atoms with Gasteiger partial charge in [-0.2, -0.15) is 0 Å². The summed E-state index contributed by atoms with van der Waals surface area (Å²) < 4.78 is 27.2. The molecule has 0 aliphatic rings. The van der Waals surface area contributed by atoms with Gasteiger partial charge in [-0.15, -0.1) is 0 Å². The minimum atomic E-state index is -3.56. The van der Waals surface area contributed by atoms with E-state index in [1.54, 1.807) is 42.5 Å². The predicted molar refractivity (Wildman–Crippen MR) is 102 cm³/mol. The largest absolute Gasteiger partial charge is 0.379 e. The van der Waals surface area contributed by atoms with E-state index in [-0.39, 0.29) is 10.9 Å². The van der Waals surface area contributed by atoms with Crippen LogP contribution in [0.25, 0.3) is 0 Å². The zero-order valence-electron chi connectivity index (χ0n) is 13.9. The average Bonchev–Trinajstić information content (AvgIpc) is 2.64. The zero-order valence-corrected chi connectivity index (χ0v) is 14.7. The third-order valence-electron chi connectivity index (χ3n) is 3.87. The van der Waals surface area contributed by atoms with Gasteiger partial charge < -0.3 is 5.32 Å². The van der Waals surface area contributed by atoms with Crippen LogP contribution in [0.2, 0.25) is 0 Å². The molecular weight excluding hydrogens is 332 g/mol. The lowest BCUT2D eigenvalue weighted by molar-refractivity contribution is 0.601. The van der Waals surface area contributed by atoms with E-state index in [2.05, 4.69) is 29.1 Å². The summed E-state index contributed by atoms with van der Waals surface area (Å²) in [7, 11) is -3.56. The van der Waals surface area contributed by atoms with Gasteiger partial charge in [0, 0.05) is 17.4 Å². The van der Waals surface area contributed by atoms with Crippen LogP contribution in [0, 0.1) is 0 Å². The van der Waals surface area contributed by atoms with Crippen LogP contribution in [0.1, 0.15) is 18.5 Å². The van der Waals surface area contributed by atoms with E-state index < -0.39 is 10.0 Å². The van der Waals surface area contributed by atoms with Gasteiger partial charge in [0.1, 0.15) is 0 Å². The van der Waals surface area contributed by atoms with Gasteiger partial charge in [0.25, 0.3) is 10.0 Å². The third kappa shape index (κ3) is 4.39. The minimum Gasteiger partial charge on any atom is -0.379 e. The number of benzene rings is 3. The topological polar surface area (TPSA) is 58.2 Å². The van der Waals surface area contributed by atoms with Crippen molar-refractivity contribution in [2.45, 2.75) is 17.9 Å². The highest BCUT2D eigenvalue weighted by atomic mass is 32.2. The summed E-state index contributed by atoms with van der Waals surface area (Å²) in [6, 6.07) is 25.9. The molecule has 0 spiro atoms. The van der Waals surface area contributed by atoms with Gasteiger partial charge in [0.05, 0.1) is 4.90 Å².